The van der Waals surface area contributed by atoms with Gasteiger partial charge in [-0.05, 0) is 36.8 Å². The number of ether oxygens (including phenoxy) is 2. The van der Waals surface area contributed by atoms with Gasteiger partial charge in [0.15, 0.2) is 17.3 Å². The minimum atomic E-state index is -0.513. The van der Waals surface area contributed by atoms with Crippen LogP contribution in [-0.2, 0) is 4.79 Å². The van der Waals surface area contributed by atoms with Gasteiger partial charge in [-0.15, -0.1) is 0 Å². The number of benzene rings is 3. The SMILES string of the molecule is CCOc1cc(C=Nn2c(-c3ccccc3)nc3ccccc3c2=O)cc(Cl)c1OC(C)=O. The summed E-state index contributed by atoms with van der Waals surface area (Å²) in [5.74, 6) is 0.329. The first kappa shape index (κ1) is 22.2. The number of fused-ring (bicyclic) bond motifs is 1. The Hall–Kier alpha value is -3.97. The summed E-state index contributed by atoms with van der Waals surface area (Å²) < 4.78 is 12.0. The van der Waals surface area contributed by atoms with Crippen molar-refractivity contribution in [3.05, 3.63) is 87.7 Å². The van der Waals surface area contributed by atoms with E-state index in [1.165, 1.54) is 17.8 Å². The van der Waals surface area contributed by atoms with Gasteiger partial charge < -0.3 is 9.47 Å². The third-order valence-corrected chi connectivity index (χ3v) is 4.97. The van der Waals surface area contributed by atoms with Crippen molar-refractivity contribution < 1.29 is 14.3 Å². The van der Waals surface area contributed by atoms with E-state index in [0.29, 0.717) is 34.6 Å². The number of esters is 1. The van der Waals surface area contributed by atoms with Crippen molar-refractivity contribution in [1.82, 2.24) is 9.66 Å². The van der Waals surface area contributed by atoms with Crippen LogP contribution in [0.3, 0.4) is 0 Å². The lowest BCUT2D eigenvalue weighted by molar-refractivity contribution is -0.132. The van der Waals surface area contributed by atoms with Crippen LogP contribution in [0.5, 0.6) is 11.5 Å². The van der Waals surface area contributed by atoms with E-state index in [4.69, 9.17) is 21.1 Å². The number of hydrogen-bond acceptors (Lipinski definition) is 6. The molecule has 7 nitrogen and oxygen atoms in total. The Kier molecular flexibility index (Phi) is 6.51. The molecule has 0 amide bonds. The third kappa shape index (κ3) is 4.78. The zero-order valence-electron chi connectivity index (χ0n) is 18.0. The molecule has 0 saturated heterocycles. The average Bonchev–Trinajstić information content (AvgIpc) is 2.81. The Morgan fingerprint density at radius 1 is 1.12 bits per heavy atom. The van der Waals surface area contributed by atoms with Crippen molar-refractivity contribution in [2.45, 2.75) is 13.8 Å². The van der Waals surface area contributed by atoms with Gasteiger partial charge in [-0.2, -0.15) is 9.78 Å². The average molecular weight is 462 g/mol. The Labute approximate surface area is 194 Å². The van der Waals surface area contributed by atoms with Gasteiger partial charge in [0.1, 0.15) is 0 Å². The molecule has 0 fully saturated rings. The van der Waals surface area contributed by atoms with Gasteiger partial charge in [0.05, 0.1) is 28.7 Å². The fraction of sp³-hybridized carbons (Fsp3) is 0.120. The minimum absolute atomic E-state index is 0.137. The maximum absolute atomic E-state index is 13.3. The predicted molar refractivity (Wildman–Crippen MR) is 128 cm³/mol. The maximum Gasteiger partial charge on any atom is 0.308 e. The molecule has 1 heterocycles. The zero-order valence-corrected chi connectivity index (χ0v) is 18.7. The van der Waals surface area contributed by atoms with Crippen molar-refractivity contribution in [1.29, 1.82) is 0 Å². The lowest BCUT2D eigenvalue weighted by Crippen LogP contribution is -2.20. The van der Waals surface area contributed by atoms with Crippen molar-refractivity contribution in [2.24, 2.45) is 5.10 Å². The molecule has 0 aliphatic heterocycles. The molecule has 0 N–H and O–H groups in total. The molecule has 4 aromatic rings. The number of carbonyl (C=O) groups is 1. The fourth-order valence-electron chi connectivity index (χ4n) is 3.30. The van der Waals surface area contributed by atoms with Gasteiger partial charge in [-0.25, -0.2) is 4.98 Å². The van der Waals surface area contributed by atoms with Crippen molar-refractivity contribution >= 4 is 34.7 Å². The summed E-state index contributed by atoms with van der Waals surface area (Å²) in [5, 5.41) is 5.07. The monoisotopic (exact) mass is 461 g/mol. The zero-order chi connectivity index (χ0) is 23.4. The first-order valence-electron chi connectivity index (χ1n) is 10.2. The summed E-state index contributed by atoms with van der Waals surface area (Å²) in [5.41, 5.74) is 1.58. The number of hydrogen-bond donors (Lipinski definition) is 0. The van der Waals surface area contributed by atoms with E-state index in [9.17, 15) is 9.59 Å². The van der Waals surface area contributed by atoms with Gasteiger partial charge in [0, 0.05) is 12.5 Å². The van der Waals surface area contributed by atoms with Gasteiger partial charge in [-0.1, -0.05) is 54.1 Å². The largest absolute Gasteiger partial charge is 0.490 e. The molecule has 0 aliphatic carbocycles. The summed E-state index contributed by atoms with van der Waals surface area (Å²) in [6.45, 7) is 3.43. The van der Waals surface area contributed by atoms with E-state index >= 15 is 0 Å². The molecule has 3 aromatic carbocycles. The van der Waals surface area contributed by atoms with Crippen LogP contribution in [0.1, 0.15) is 19.4 Å². The van der Waals surface area contributed by atoms with Gasteiger partial charge in [0.25, 0.3) is 5.56 Å². The number of carbonyl (C=O) groups excluding carboxylic acids is 1. The first-order valence-corrected chi connectivity index (χ1v) is 10.6. The predicted octanol–water partition coefficient (Wildman–Crippen LogP) is 4.92. The highest BCUT2D eigenvalue weighted by molar-refractivity contribution is 6.32. The van der Waals surface area contributed by atoms with Crippen molar-refractivity contribution in [3.8, 4) is 22.9 Å². The molecule has 166 valence electrons. The molecule has 33 heavy (non-hydrogen) atoms. The quantitative estimate of drug-likeness (QED) is 0.231. The van der Waals surface area contributed by atoms with Crippen molar-refractivity contribution in [2.75, 3.05) is 6.61 Å². The fourth-order valence-corrected chi connectivity index (χ4v) is 3.56. The highest BCUT2D eigenvalue weighted by atomic mass is 35.5. The van der Waals surface area contributed by atoms with Crippen LogP contribution in [-0.4, -0.2) is 28.5 Å². The number of rotatable bonds is 6. The van der Waals surface area contributed by atoms with Crippen LogP contribution in [0.4, 0.5) is 0 Å². The molecule has 8 heteroatoms. The van der Waals surface area contributed by atoms with Crippen LogP contribution in [0.15, 0.2) is 76.6 Å². The molecule has 4 rings (SSSR count). The summed E-state index contributed by atoms with van der Waals surface area (Å²) in [6.07, 6.45) is 1.48. The van der Waals surface area contributed by atoms with Crippen molar-refractivity contribution in [3.63, 3.8) is 0 Å². The summed E-state index contributed by atoms with van der Waals surface area (Å²) in [4.78, 5) is 29.4. The first-order chi connectivity index (χ1) is 16.0. The third-order valence-electron chi connectivity index (χ3n) is 4.69. The van der Waals surface area contributed by atoms with Crippen LogP contribution >= 0.6 is 11.6 Å². The lowest BCUT2D eigenvalue weighted by atomic mass is 10.2. The van der Waals surface area contributed by atoms with Gasteiger partial charge in [-0.3, -0.25) is 9.59 Å². The molecular formula is C25H20ClN3O4. The van der Waals surface area contributed by atoms with E-state index in [2.05, 4.69) is 10.1 Å². The molecule has 1 aromatic heterocycles. The van der Waals surface area contributed by atoms with Gasteiger partial charge >= 0.3 is 5.97 Å². The Morgan fingerprint density at radius 2 is 1.85 bits per heavy atom. The van der Waals surface area contributed by atoms with E-state index in [0.717, 1.165) is 5.56 Å². The Bertz CT molecular complexity index is 1410. The van der Waals surface area contributed by atoms with E-state index in [-0.39, 0.29) is 16.3 Å². The second-order valence-electron chi connectivity index (χ2n) is 7.04. The standard InChI is InChI=1S/C25H20ClN3O4/c1-3-32-22-14-17(13-20(26)23(22)33-16(2)30)15-27-29-24(18-9-5-4-6-10-18)28-21-12-8-7-11-19(21)25(29)31/h4-15H,3H2,1-2H3. The summed E-state index contributed by atoms with van der Waals surface area (Å²) >= 11 is 6.33. The molecule has 0 bridgehead atoms. The van der Waals surface area contributed by atoms with Gasteiger partial charge in [0.2, 0.25) is 0 Å². The number of para-hydroxylation sites is 1. The second kappa shape index (κ2) is 9.67. The van der Waals surface area contributed by atoms with Crippen LogP contribution in [0.25, 0.3) is 22.3 Å². The molecule has 0 saturated carbocycles. The van der Waals surface area contributed by atoms with E-state index < -0.39 is 5.97 Å². The molecular weight excluding hydrogens is 442 g/mol. The molecule has 0 aliphatic rings. The van der Waals surface area contributed by atoms with E-state index in [1.807, 2.05) is 36.4 Å². The minimum Gasteiger partial charge on any atom is -0.490 e. The highest BCUT2D eigenvalue weighted by Crippen LogP contribution is 2.36. The van der Waals surface area contributed by atoms with Crippen LogP contribution in [0, 0.1) is 0 Å². The van der Waals surface area contributed by atoms with E-state index in [1.54, 1.807) is 37.3 Å². The van der Waals surface area contributed by atoms with Crippen LogP contribution in [0.2, 0.25) is 5.02 Å². The Morgan fingerprint density at radius 3 is 2.58 bits per heavy atom. The summed E-state index contributed by atoms with van der Waals surface area (Å²) in [6, 6.07) is 19.7. The second-order valence-corrected chi connectivity index (χ2v) is 7.44. The highest BCUT2D eigenvalue weighted by Gasteiger charge is 2.15. The molecule has 0 spiro atoms. The number of nitrogens with zero attached hydrogens (tertiary/aromatic N) is 3. The summed E-state index contributed by atoms with van der Waals surface area (Å²) in [7, 11) is 0. The number of halogens is 1. The topological polar surface area (TPSA) is 82.8 Å². The van der Waals surface area contributed by atoms with Crippen LogP contribution < -0.4 is 15.0 Å². The lowest BCUT2D eigenvalue weighted by Gasteiger charge is -2.12. The molecule has 0 unspecified atom stereocenters. The smallest absolute Gasteiger partial charge is 0.308 e. The maximum atomic E-state index is 13.3. The molecule has 0 radical (unpaired) electrons. The Balaban J connectivity index is 1.85. The number of aromatic nitrogens is 2. The normalized spacial score (nSPS) is 11.1. The molecule has 0 atom stereocenters.